The van der Waals surface area contributed by atoms with Crippen molar-refractivity contribution < 1.29 is 23.5 Å². The molecule has 0 bridgehead atoms. The lowest BCUT2D eigenvalue weighted by atomic mass is 10.3. The number of furan rings is 1. The topological polar surface area (TPSA) is 97.6 Å². The number of ether oxygens (including phenoxy) is 1. The molecule has 0 saturated heterocycles. The van der Waals surface area contributed by atoms with Gasteiger partial charge >= 0.3 is 5.97 Å². The van der Waals surface area contributed by atoms with Crippen molar-refractivity contribution in [3.63, 3.8) is 0 Å². The van der Waals surface area contributed by atoms with Crippen LogP contribution >= 0.6 is 23.2 Å². The summed E-state index contributed by atoms with van der Waals surface area (Å²) in [6, 6.07) is 6.60. The van der Waals surface area contributed by atoms with E-state index in [2.05, 4.69) is 10.6 Å². The summed E-state index contributed by atoms with van der Waals surface area (Å²) in [6.45, 7) is 0.899. The average molecular weight is 385 g/mol. The van der Waals surface area contributed by atoms with E-state index in [-0.39, 0.29) is 10.8 Å². The summed E-state index contributed by atoms with van der Waals surface area (Å²) in [4.78, 5) is 35.4. The van der Waals surface area contributed by atoms with E-state index in [0.29, 0.717) is 10.7 Å². The highest BCUT2D eigenvalue weighted by Crippen LogP contribution is 2.25. The second-order valence-electron chi connectivity index (χ2n) is 4.95. The predicted octanol–water partition coefficient (Wildman–Crippen LogP) is 2.89. The van der Waals surface area contributed by atoms with Gasteiger partial charge in [0, 0.05) is 5.02 Å². The first-order chi connectivity index (χ1) is 11.9. The van der Waals surface area contributed by atoms with Crippen molar-refractivity contribution in [3.8, 4) is 0 Å². The molecule has 1 heterocycles. The third kappa shape index (κ3) is 5.51. The van der Waals surface area contributed by atoms with Gasteiger partial charge in [-0.25, -0.2) is 4.79 Å². The van der Waals surface area contributed by atoms with Crippen LogP contribution in [-0.2, 0) is 14.3 Å². The van der Waals surface area contributed by atoms with Crippen LogP contribution in [-0.4, -0.2) is 30.4 Å². The van der Waals surface area contributed by atoms with E-state index < -0.39 is 30.4 Å². The number of hydrogen-bond donors (Lipinski definition) is 2. The Morgan fingerprint density at radius 2 is 2.00 bits per heavy atom. The number of nitrogens with one attached hydrogen (secondary N) is 2. The van der Waals surface area contributed by atoms with Crippen LogP contribution in [0.3, 0.4) is 0 Å². The van der Waals surface area contributed by atoms with Crippen molar-refractivity contribution in [2.75, 3.05) is 11.9 Å². The molecule has 2 amide bonds. The Bertz CT molecular complexity index is 777. The molecule has 132 valence electrons. The number of rotatable bonds is 6. The maximum Gasteiger partial charge on any atom is 0.328 e. The van der Waals surface area contributed by atoms with Crippen LogP contribution in [0.2, 0.25) is 10.0 Å². The fraction of sp³-hybridized carbons (Fsp3) is 0.188. The van der Waals surface area contributed by atoms with Gasteiger partial charge in [0.25, 0.3) is 11.8 Å². The number of anilines is 1. The van der Waals surface area contributed by atoms with E-state index in [1.165, 1.54) is 31.4 Å². The molecule has 0 unspecified atom stereocenters. The molecule has 0 aliphatic heterocycles. The molecule has 1 atom stereocenters. The lowest BCUT2D eigenvalue weighted by Gasteiger charge is -2.13. The van der Waals surface area contributed by atoms with Crippen molar-refractivity contribution >= 4 is 46.7 Å². The Morgan fingerprint density at radius 1 is 1.24 bits per heavy atom. The number of benzene rings is 1. The lowest BCUT2D eigenvalue weighted by Crippen LogP contribution is -2.40. The molecule has 0 aliphatic rings. The summed E-state index contributed by atoms with van der Waals surface area (Å²) in [5.74, 6) is -1.85. The van der Waals surface area contributed by atoms with E-state index in [9.17, 15) is 14.4 Å². The summed E-state index contributed by atoms with van der Waals surface area (Å²) in [5.41, 5.74) is 0.339. The second kappa shape index (κ2) is 8.55. The fourth-order valence-corrected chi connectivity index (χ4v) is 2.23. The van der Waals surface area contributed by atoms with Crippen molar-refractivity contribution in [1.82, 2.24) is 5.32 Å². The fourth-order valence-electron chi connectivity index (χ4n) is 1.77. The van der Waals surface area contributed by atoms with Crippen LogP contribution < -0.4 is 10.6 Å². The predicted molar refractivity (Wildman–Crippen MR) is 91.7 cm³/mol. The molecule has 2 aromatic rings. The average Bonchev–Trinajstić information content (AvgIpc) is 3.09. The summed E-state index contributed by atoms with van der Waals surface area (Å²) in [6.07, 6.45) is 1.34. The second-order valence-corrected chi connectivity index (χ2v) is 5.80. The third-order valence-electron chi connectivity index (χ3n) is 3.00. The zero-order valence-electron chi connectivity index (χ0n) is 13.0. The Hall–Kier alpha value is -2.51. The Morgan fingerprint density at radius 3 is 2.64 bits per heavy atom. The van der Waals surface area contributed by atoms with E-state index in [4.69, 9.17) is 32.4 Å². The molecule has 25 heavy (non-hydrogen) atoms. The maximum atomic E-state index is 11.8. The number of esters is 1. The Labute approximate surface area is 153 Å². The molecule has 0 fully saturated rings. The zero-order valence-corrected chi connectivity index (χ0v) is 14.6. The van der Waals surface area contributed by atoms with Crippen LogP contribution in [0, 0.1) is 0 Å². The minimum absolute atomic E-state index is 0.0646. The Balaban J connectivity index is 1.80. The monoisotopic (exact) mass is 384 g/mol. The van der Waals surface area contributed by atoms with E-state index in [1.807, 2.05) is 0 Å². The highest BCUT2D eigenvalue weighted by molar-refractivity contribution is 6.36. The molecule has 0 spiro atoms. The highest BCUT2D eigenvalue weighted by Gasteiger charge is 2.20. The van der Waals surface area contributed by atoms with Gasteiger partial charge in [-0.3, -0.25) is 9.59 Å². The number of halogens is 2. The maximum absolute atomic E-state index is 11.8. The van der Waals surface area contributed by atoms with Gasteiger partial charge in [-0.05, 0) is 37.3 Å². The van der Waals surface area contributed by atoms with Gasteiger partial charge in [0.05, 0.1) is 17.0 Å². The highest BCUT2D eigenvalue weighted by atomic mass is 35.5. The molecule has 0 saturated carbocycles. The molecule has 1 aromatic carbocycles. The normalized spacial score (nSPS) is 11.5. The summed E-state index contributed by atoms with van der Waals surface area (Å²) >= 11 is 11.7. The van der Waals surface area contributed by atoms with Crippen molar-refractivity contribution in [3.05, 3.63) is 52.4 Å². The Kier molecular flexibility index (Phi) is 6.44. The molecule has 0 radical (unpaired) electrons. The third-order valence-corrected chi connectivity index (χ3v) is 3.54. The molecule has 7 nitrogen and oxygen atoms in total. The number of carbonyl (C=O) groups excluding carboxylic acids is 3. The molecule has 1 aromatic heterocycles. The SMILES string of the molecule is C[C@H](NC(=O)c1ccco1)C(=O)OCC(=O)Nc1ccc(Cl)cc1Cl. The number of carbonyl (C=O) groups is 3. The minimum atomic E-state index is -0.954. The zero-order chi connectivity index (χ0) is 18.4. The van der Waals surface area contributed by atoms with Crippen LogP contribution in [0.5, 0.6) is 0 Å². The van der Waals surface area contributed by atoms with Crippen molar-refractivity contribution in [2.24, 2.45) is 0 Å². The van der Waals surface area contributed by atoms with Crippen molar-refractivity contribution in [1.29, 1.82) is 0 Å². The van der Waals surface area contributed by atoms with E-state index in [0.717, 1.165) is 0 Å². The minimum Gasteiger partial charge on any atom is -0.459 e. The number of hydrogen-bond acceptors (Lipinski definition) is 5. The van der Waals surface area contributed by atoms with Crippen LogP contribution in [0.1, 0.15) is 17.5 Å². The first-order valence-corrected chi connectivity index (χ1v) is 7.88. The largest absolute Gasteiger partial charge is 0.459 e. The smallest absolute Gasteiger partial charge is 0.328 e. The van der Waals surface area contributed by atoms with Gasteiger partial charge in [0.2, 0.25) is 0 Å². The van der Waals surface area contributed by atoms with E-state index >= 15 is 0 Å². The van der Waals surface area contributed by atoms with E-state index in [1.54, 1.807) is 12.1 Å². The summed E-state index contributed by atoms with van der Waals surface area (Å²) in [5, 5.41) is 5.56. The summed E-state index contributed by atoms with van der Waals surface area (Å²) < 4.78 is 9.76. The van der Waals surface area contributed by atoms with Gasteiger partial charge in [0.15, 0.2) is 12.4 Å². The first-order valence-electron chi connectivity index (χ1n) is 7.12. The van der Waals surface area contributed by atoms with Crippen molar-refractivity contribution in [2.45, 2.75) is 13.0 Å². The first kappa shape index (κ1) is 18.8. The van der Waals surface area contributed by atoms with Crippen LogP contribution in [0.25, 0.3) is 0 Å². The lowest BCUT2D eigenvalue weighted by molar-refractivity contribution is -0.148. The molecule has 9 heteroatoms. The standard InChI is InChI=1S/C16H14Cl2N2O5/c1-9(19-15(22)13-3-2-6-24-13)16(23)25-8-14(21)20-12-5-4-10(17)7-11(12)18/h2-7,9H,8H2,1H3,(H,19,22)(H,20,21)/t9-/m0/s1. The van der Waals surface area contributed by atoms with Gasteiger partial charge in [-0.15, -0.1) is 0 Å². The van der Waals surface area contributed by atoms with Gasteiger partial charge in [0.1, 0.15) is 6.04 Å². The van der Waals surface area contributed by atoms with Gasteiger partial charge < -0.3 is 19.8 Å². The quantitative estimate of drug-likeness (QED) is 0.746. The molecular formula is C16H14Cl2N2O5. The van der Waals surface area contributed by atoms with Gasteiger partial charge in [-0.2, -0.15) is 0 Å². The van der Waals surface area contributed by atoms with Crippen LogP contribution in [0.4, 0.5) is 5.69 Å². The molecule has 2 rings (SSSR count). The molecular weight excluding hydrogens is 371 g/mol. The molecule has 2 N–H and O–H groups in total. The van der Waals surface area contributed by atoms with Crippen LogP contribution in [0.15, 0.2) is 41.0 Å². The van der Waals surface area contributed by atoms with Gasteiger partial charge in [-0.1, -0.05) is 23.2 Å². The molecule has 0 aliphatic carbocycles. The summed E-state index contributed by atoms with van der Waals surface area (Å²) in [7, 11) is 0. The number of amides is 2.